The van der Waals surface area contributed by atoms with Crippen LogP contribution in [0.25, 0.3) is 0 Å². The lowest BCUT2D eigenvalue weighted by Gasteiger charge is -2.15. The standard InChI is InChI=1S/C15H19FN2O4/c1-18(10-8-14(20)21)13(19)3-2-9-17-15(22)11-4-6-12(16)7-5-11/h4-7H,2-3,8-10H2,1H3,(H,17,22)(H,20,21). The zero-order chi connectivity index (χ0) is 16.5. The maximum absolute atomic E-state index is 12.7. The van der Waals surface area contributed by atoms with Crippen LogP contribution in [-0.4, -0.2) is 47.9 Å². The fourth-order valence-electron chi connectivity index (χ4n) is 1.72. The summed E-state index contributed by atoms with van der Waals surface area (Å²) in [6, 6.07) is 5.18. The predicted octanol–water partition coefficient (Wildman–Crippen LogP) is 1.27. The second-order valence-electron chi connectivity index (χ2n) is 4.83. The monoisotopic (exact) mass is 310 g/mol. The van der Waals surface area contributed by atoms with Crippen LogP contribution in [0.15, 0.2) is 24.3 Å². The highest BCUT2D eigenvalue weighted by Crippen LogP contribution is 2.03. The van der Waals surface area contributed by atoms with Gasteiger partial charge in [0.15, 0.2) is 0 Å². The zero-order valence-electron chi connectivity index (χ0n) is 12.3. The van der Waals surface area contributed by atoms with Gasteiger partial charge in [-0.05, 0) is 30.7 Å². The van der Waals surface area contributed by atoms with Gasteiger partial charge in [0.2, 0.25) is 5.91 Å². The summed E-state index contributed by atoms with van der Waals surface area (Å²) in [5.41, 5.74) is 0.353. The molecule has 0 radical (unpaired) electrons. The van der Waals surface area contributed by atoms with Crippen molar-refractivity contribution in [2.75, 3.05) is 20.1 Å². The lowest BCUT2D eigenvalue weighted by Crippen LogP contribution is -2.30. The number of rotatable bonds is 8. The van der Waals surface area contributed by atoms with Crippen molar-refractivity contribution < 1.29 is 23.9 Å². The number of carbonyl (C=O) groups is 3. The highest BCUT2D eigenvalue weighted by atomic mass is 19.1. The van der Waals surface area contributed by atoms with Crippen LogP contribution in [0.5, 0.6) is 0 Å². The number of nitrogens with one attached hydrogen (secondary N) is 1. The van der Waals surface area contributed by atoms with Crippen molar-refractivity contribution >= 4 is 17.8 Å². The Kier molecular flexibility index (Phi) is 7.01. The molecule has 0 fully saturated rings. The molecule has 0 aliphatic carbocycles. The summed E-state index contributed by atoms with van der Waals surface area (Å²) in [5.74, 6) is -1.86. The SMILES string of the molecule is CN(CCC(=O)O)C(=O)CCCNC(=O)c1ccc(F)cc1. The number of aliphatic carboxylic acids is 1. The van der Waals surface area contributed by atoms with E-state index < -0.39 is 11.8 Å². The van der Waals surface area contributed by atoms with E-state index in [0.717, 1.165) is 0 Å². The summed E-state index contributed by atoms with van der Waals surface area (Å²) >= 11 is 0. The molecule has 2 amide bonds. The molecular weight excluding hydrogens is 291 g/mol. The summed E-state index contributed by atoms with van der Waals surface area (Å²) in [6.45, 7) is 0.477. The molecule has 1 aromatic carbocycles. The molecule has 6 nitrogen and oxygen atoms in total. The number of halogens is 1. The maximum atomic E-state index is 12.7. The Balaban J connectivity index is 2.24. The van der Waals surface area contributed by atoms with E-state index in [2.05, 4.69) is 5.32 Å². The first-order valence-corrected chi connectivity index (χ1v) is 6.89. The van der Waals surface area contributed by atoms with Gasteiger partial charge in [0.05, 0.1) is 6.42 Å². The number of hydrogen-bond acceptors (Lipinski definition) is 3. The highest BCUT2D eigenvalue weighted by molar-refractivity contribution is 5.94. The number of benzene rings is 1. The zero-order valence-corrected chi connectivity index (χ0v) is 12.3. The first kappa shape index (κ1) is 17.6. The maximum Gasteiger partial charge on any atom is 0.305 e. The average molecular weight is 310 g/mol. The smallest absolute Gasteiger partial charge is 0.305 e. The van der Waals surface area contributed by atoms with Gasteiger partial charge in [-0.1, -0.05) is 0 Å². The third-order valence-electron chi connectivity index (χ3n) is 3.05. The number of nitrogens with zero attached hydrogens (tertiary/aromatic N) is 1. The molecule has 0 heterocycles. The molecule has 0 saturated heterocycles. The van der Waals surface area contributed by atoms with Crippen molar-refractivity contribution in [2.45, 2.75) is 19.3 Å². The molecule has 0 aliphatic heterocycles. The third-order valence-corrected chi connectivity index (χ3v) is 3.05. The largest absolute Gasteiger partial charge is 0.481 e. The van der Waals surface area contributed by atoms with Crippen LogP contribution >= 0.6 is 0 Å². The van der Waals surface area contributed by atoms with Crippen LogP contribution in [0.2, 0.25) is 0 Å². The third kappa shape index (κ3) is 6.34. The summed E-state index contributed by atoms with van der Waals surface area (Å²) in [5, 5.41) is 11.2. The van der Waals surface area contributed by atoms with Crippen LogP contribution in [-0.2, 0) is 9.59 Å². The van der Waals surface area contributed by atoms with Crippen LogP contribution in [0.3, 0.4) is 0 Å². The van der Waals surface area contributed by atoms with Gasteiger partial charge < -0.3 is 15.3 Å². The first-order chi connectivity index (χ1) is 10.4. The number of carboxylic acids is 1. The van der Waals surface area contributed by atoms with Gasteiger partial charge in [0.1, 0.15) is 5.82 Å². The second-order valence-corrected chi connectivity index (χ2v) is 4.83. The minimum Gasteiger partial charge on any atom is -0.481 e. The van der Waals surface area contributed by atoms with E-state index >= 15 is 0 Å². The number of amides is 2. The number of carboxylic acid groups (broad SMARTS) is 1. The molecule has 120 valence electrons. The summed E-state index contributed by atoms with van der Waals surface area (Å²) in [6.07, 6.45) is 0.576. The predicted molar refractivity (Wildman–Crippen MR) is 77.9 cm³/mol. The van der Waals surface area contributed by atoms with E-state index in [9.17, 15) is 18.8 Å². The van der Waals surface area contributed by atoms with E-state index in [0.29, 0.717) is 18.5 Å². The molecular formula is C15H19FN2O4. The lowest BCUT2D eigenvalue weighted by molar-refractivity contribution is -0.138. The number of hydrogen-bond donors (Lipinski definition) is 2. The Morgan fingerprint density at radius 1 is 1.18 bits per heavy atom. The minimum atomic E-state index is -0.953. The fourth-order valence-corrected chi connectivity index (χ4v) is 1.72. The normalized spacial score (nSPS) is 10.1. The quantitative estimate of drug-likeness (QED) is 0.708. The molecule has 2 N–H and O–H groups in total. The van der Waals surface area contributed by atoms with Crippen molar-refractivity contribution in [3.8, 4) is 0 Å². The molecule has 0 aliphatic rings. The Labute approximate surface area is 127 Å². The van der Waals surface area contributed by atoms with Gasteiger partial charge in [-0.3, -0.25) is 14.4 Å². The Morgan fingerprint density at radius 3 is 2.41 bits per heavy atom. The highest BCUT2D eigenvalue weighted by Gasteiger charge is 2.10. The molecule has 1 rings (SSSR count). The van der Waals surface area contributed by atoms with Crippen LogP contribution in [0, 0.1) is 5.82 Å². The van der Waals surface area contributed by atoms with Crippen LogP contribution in [0.1, 0.15) is 29.6 Å². The first-order valence-electron chi connectivity index (χ1n) is 6.89. The number of carbonyl (C=O) groups excluding carboxylic acids is 2. The summed E-state index contributed by atoms with van der Waals surface area (Å²) in [7, 11) is 1.54. The van der Waals surface area contributed by atoms with Gasteiger partial charge in [-0.2, -0.15) is 0 Å². The summed E-state index contributed by atoms with van der Waals surface area (Å²) < 4.78 is 12.7. The molecule has 22 heavy (non-hydrogen) atoms. The lowest BCUT2D eigenvalue weighted by atomic mass is 10.2. The van der Waals surface area contributed by atoms with Crippen molar-refractivity contribution in [1.29, 1.82) is 0 Å². The van der Waals surface area contributed by atoms with Gasteiger partial charge in [-0.25, -0.2) is 4.39 Å². The summed E-state index contributed by atoms with van der Waals surface area (Å²) in [4.78, 5) is 35.2. The van der Waals surface area contributed by atoms with Crippen molar-refractivity contribution in [3.63, 3.8) is 0 Å². The van der Waals surface area contributed by atoms with Crippen LogP contribution in [0.4, 0.5) is 4.39 Å². The van der Waals surface area contributed by atoms with E-state index in [1.807, 2.05) is 0 Å². The van der Waals surface area contributed by atoms with E-state index in [1.54, 1.807) is 7.05 Å². The van der Waals surface area contributed by atoms with Gasteiger partial charge in [-0.15, -0.1) is 0 Å². The molecule has 0 spiro atoms. The van der Waals surface area contributed by atoms with Crippen molar-refractivity contribution in [3.05, 3.63) is 35.6 Å². The average Bonchev–Trinajstić information content (AvgIpc) is 2.49. The van der Waals surface area contributed by atoms with Gasteiger partial charge in [0, 0.05) is 32.1 Å². The minimum absolute atomic E-state index is 0.0937. The molecule has 0 atom stereocenters. The molecule has 1 aromatic rings. The molecule has 0 aromatic heterocycles. The van der Waals surface area contributed by atoms with Crippen molar-refractivity contribution in [2.24, 2.45) is 0 Å². The topological polar surface area (TPSA) is 86.7 Å². The van der Waals surface area contributed by atoms with E-state index in [-0.39, 0.29) is 31.2 Å². The molecule has 0 saturated carbocycles. The van der Waals surface area contributed by atoms with Gasteiger partial charge >= 0.3 is 5.97 Å². The molecule has 0 bridgehead atoms. The Hall–Kier alpha value is -2.44. The Bertz CT molecular complexity index is 531. The van der Waals surface area contributed by atoms with Crippen molar-refractivity contribution in [1.82, 2.24) is 10.2 Å². The fraction of sp³-hybridized carbons (Fsp3) is 0.400. The Morgan fingerprint density at radius 2 is 1.82 bits per heavy atom. The van der Waals surface area contributed by atoms with E-state index in [4.69, 9.17) is 5.11 Å². The van der Waals surface area contributed by atoms with Crippen LogP contribution < -0.4 is 5.32 Å². The van der Waals surface area contributed by atoms with Gasteiger partial charge in [0.25, 0.3) is 5.91 Å². The molecule has 7 heteroatoms. The van der Waals surface area contributed by atoms with E-state index in [1.165, 1.54) is 29.2 Å². The second kappa shape index (κ2) is 8.76. The molecule has 0 unspecified atom stereocenters.